The molecule has 1 unspecified atom stereocenters. The minimum absolute atomic E-state index is 0.0446. The molecule has 1 aliphatic heterocycles. The van der Waals surface area contributed by atoms with Crippen molar-refractivity contribution in [2.75, 3.05) is 12.3 Å². The molecule has 0 spiro atoms. The number of benzene rings is 1. The summed E-state index contributed by atoms with van der Waals surface area (Å²) in [5.41, 5.74) is 5.89. The summed E-state index contributed by atoms with van der Waals surface area (Å²) < 4.78 is 27.1. The van der Waals surface area contributed by atoms with Gasteiger partial charge in [-0.2, -0.15) is 0 Å². The number of halogens is 2. The number of rotatable bonds is 3. The Hall–Kier alpha value is -0.830. The summed E-state index contributed by atoms with van der Waals surface area (Å²) in [5.74, 6) is -0.183. The van der Waals surface area contributed by atoms with Crippen LogP contribution in [-0.2, 0) is 14.8 Å². The van der Waals surface area contributed by atoms with E-state index in [1.807, 2.05) is 0 Å². The zero-order valence-corrected chi connectivity index (χ0v) is 12.8. The molecular weight excluding hydrogens is 358 g/mol. The second-order valence-corrected chi connectivity index (χ2v) is 7.05. The Morgan fingerprint density at radius 2 is 2.16 bits per heavy atom. The average Bonchev–Trinajstić information content (AvgIpc) is 2.68. The van der Waals surface area contributed by atoms with Crippen LogP contribution in [0.3, 0.4) is 0 Å². The van der Waals surface area contributed by atoms with Gasteiger partial charge in [0.2, 0.25) is 15.9 Å². The number of hydrogen-bond acceptors (Lipinski definition) is 4. The van der Waals surface area contributed by atoms with Crippen LogP contribution in [0.1, 0.15) is 6.42 Å². The van der Waals surface area contributed by atoms with Crippen LogP contribution in [0, 0.1) is 0 Å². The summed E-state index contributed by atoms with van der Waals surface area (Å²) >= 11 is 8.93. The van der Waals surface area contributed by atoms with Crippen molar-refractivity contribution in [1.29, 1.82) is 0 Å². The second-order valence-electron chi connectivity index (χ2n) is 4.13. The molecule has 0 aliphatic carbocycles. The Bertz CT molecular complexity index is 635. The number of nitrogens with two attached hydrogens (primary N) is 1. The average molecular weight is 369 g/mol. The normalized spacial score (nSPS) is 19.5. The highest BCUT2D eigenvalue weighted by molar-refractivity contribution is 9.10. The van der Waals surface area contributed by atoms with Gasteiger partial charge < -0.3 is 11.1 Å². The molecule has 0 saturated carbocycles. The highest BCUT2D eigenvalue weighted by atomic mass is 79.9. The predicted molar refractivity (Wildman–Crippen MR) is 75.3 cm³/mol. The van der Waals surface area contributed by atoms with Gasteiger partial charge in [0.15, 0.2) is 0 Å². The molecule has 9 heteroatoms. The van der Waals surface area contributed by atoms with Crippen molar-refractivity contribution >= 4 is 49.1 Å². The first-order valence-electron chi connectivity index (χ1n) is 5.33. The number of nitrogen functional groups attached to an aromatic ring is 1. The Balaban J connectivity index is 2.32. The summed E-state index contributed by atoms with van der Waals surface area (Å²) in [6.45, 7) is 0.270. The molecule has 0 bridgehead atoms. The van der Waals surface area contributed by atoms with E-state index in [2.05, 4.69) is 26.0 Å². The van der Waals surface area contributed by atoms with E-state index < -0.39 is 16.1 Å². The molecule has 1 aromatic carbocycles. The van der Waals surface area contributed by atoms with E-state index in [0.29, 0.717) is 0 Å². The Morgan fingerprint density at radius 3 is 2.74 bits per heavy atom. The summed E-state index contributed by atoms with van der Waals surface area (Å²) in [6.07, 6.45) is 0.118. The molecule has 1 amide bonds. The predicted octanol–water partition coefficient (Wildman–Crippen LogP) is 0.852. The number of anilines is 1. The molecule has 1 heterocycles. The van der Waals surface area contributed by atoms with E-state index in [9.17, 15) is 13.2 Å². The van der Waals surface area contributed by atoms with Gasteiger partial charge >= 0.3 is 0 Å². The van der Waals surface area contributed by atoms with Gasteiger partial charge in [-0.3, -0.25) is 4.79 Å². The van der Waals surface area contributed by atoms with E-state index in [-0.39, 0.29) is 39.0 Å². The number of hydrogen-bond donors (Lipinski definition) is 3. The molecule has 1 atom stereocenters. The molecule has 4 N–H and O–H groups in total. The molecule has 19 heavy (non-hydrogen) atoms. The molecule has 1 fully saturated rings. The lowest BCUT2D eigenvalue weighted by Crippen LogP contribution is -2.36. The highest BCUT2D eigenvalue weighted by Gasteiger charge is 2.28. The molecule has 0 aromatic heterocycles. The number of nitrogens with one attached hydrogen (secondary N) is 2. The fourth-order valence-electron chi connectivity index (χ4n) is 1.75. The van der Waals surface area contributed by atoms with Gasteiger partial charge in [0.1, 0.15) is 0 Å². The highest BCUT2D eigenvalue weighted by Crippen LogP contribution is 2.31. The first-order valence-corrected chi connectivity index (χ1v) is 7.98. The molecule has 1 aromatic rings. The van der Waals surface area contributed by atoms with Gasteiger partial charge in [0, 0.05) is 29.7 Å². The van der Waals surface area contributed by atoms with Crippen molar-refractivity contribution in [2.45, 2.75) is 17.4 Å². The third-order valence-electron chi connectivity index (χ3n) is 2.62. The molecule has 2 rings (SSSR count). The second kappa shape index (κ2) is 5.28. The number of sulfonamides is 1. The van der Waals surface area contributed by atoms with E-state index in [0.717, 1.165) is 0 Å². The van der Waals surface area contributed by atoms with Crippen LogP contribution in [0.2, 0.25) is 5.02 Å². The lowest BCUT2D eigenvalue weighted by atomic mass is 10.3. The minimum atomic E-state index is -3.80. The van der Waals surface area contributed by atoms with Crippen LogP contribution in [-0.4, -0.2) is 26.9 Å². The Labute approximate surface area is 123 Å². The van der Waals surface area contributed by atoms with Crippen molar-refractivity contribution in [3.8, 4) is 0 Å². The number of carbonyl (C=O) groups is 1. The SMILES string of the molecule is Nc1cc(Cl)cc(S(=O)(=O)NC2CNC(=O)C2)c1Br. The standard InChI is InChI=1S/C10H11BrClN3O3S/c11-10-7(13)1-5(12)2-8(10)19(17,18)15-6-3-9(16)14-4-6/h1-2,6,15H,3-4,13H2,(H,14,16). The first-order chi connectivity index (χ1) is 8.79. The lowest BCUT2D eigenvalue weighted by molar-refractivity contribution is -0.119. The van der Waals surface area contributed by atoms with E-state index in [4.69, 9.17) is 17.3 Å². The summed E-state index contributed by atoms with van der Waals surface area (Å²) in [6, 6.07) is 2.28. The molecule has 1 aliphatic rings. The number of carbonyl (C=O) groups excluding carboxylic acids is 1. The smallest absolute Gasteiger partial charge is 0.242 e. The number of amides is 1. The molecule has 0 radical (unpaired) electrons. The van der Waals surface area contributed by atoms with Crippen molar-refractivity contribution in [3.63, 3.8) is 0 Å². The van der Waals surface area contributed by atoms with Gasteiger partial charge in [-0.25, -0.2) is 13.1 Å². The minimum Gasteiger partial charge on any atom is -0.398 e. The van der Waals surface area contributed by atoms with Crippen LogP contribution in [0.4, 0.5) is 5.69 Å². The summed E-state index contributed by atoms with van der Waals surface area (Å²) in [5, 5.41) is 2.78. The van der Waals surface area contributed by atoms with E-state index in [1.54, 1.807) is 0 Å². The third kappa shape index (κ3) is 3.19. The van der Waals surface area contributed by atoms with E-state index in [1.165, 1.54) is 12.1 Å². The summed E-state index contributed by atoms with van der Waals surface area (Å²) in [7, 11) is -3.80. The maximum absolute atomic E-state index is 12.2. The van der Waals surface area contributed by atoms with Crippen LogP contribution < -0.4 is 15.8 Å². The topological polar surface area (TPSA) is 101 Å². The molecule has 1 saturated heterocycles. The van der Waals surface area contributed by atoms with Gasteiger partial charge in [-0.15, -0.1) is 0 Å². The first kappa shape index (κ1) is 14.6. The van der Waals surface area contributed by atoms with Crippen molar-refractivity contribution in [3.05, 3.63) is 21.6 Å². The van der Waals surface area contributed by atoms with Crippen LogP contribution in [0.25, 0.3) is 0 Å². The third-order valence-corrected chi connectivity index (χ3v) is 5.53. The van der Waals surface area contributed by atoms with Gasteiger partial charge in [-0.1, -0.05) is 11.6 Å². The van der Waals surface area contributed by atoms with Gasteiger partial charge in [0.05, 0.1) is 9.37 Å². The van der Waals surface area contributed by atoms with Crippen molar-refractivity contribution < 1.29 is 13.2 Å². The largest absolute Gasteiger partial charge is 0.398 e. The molecule has 6 nitrogen and oxygen atoms in total. The fraction of sp³-hybridized carbons (Fsp3) is 0.300. The van der Waals surface area contributed by atoms with Crippen molar-refractivity contribution in [2.24, 2.45) is 0 Å². The molecule has 104 valence electrons. The monoisotopic (exact) mass is 367 g/mol. The summed E-state index contributed by atoms with van der Waals surface area (Å²) in [4.78, 5) is 11.0. The Morgan fingerprint density at radius 1 is 1.47 bits per heavy atom. The van der Waals surface area contributed by atoms with Gasteiger partial charge in [-0.05, 0) is 28.1 Å². The van der Waals surface area contributed by atoms with Crippen molar-refractivity contribution in [1.82, 2.24) is 10.0 Å². The van der Waals surface area contributed by atoms with E-state index >= 15 is 0 Å². The fourth-order valence-corrected chi connectivity index (χ4v) is 4.28. The quantitative estimate of drug-likeness (QED) is 0.688. The zero-order chi connectivity index (χ0) is 14.2. The zero-order valence-electron chi connectivity index (χ0n) is 9.61. The maximum atomic E-state index is 12.2. The van der Waals surface area contributed by atoms with Crippen LogP contribution >= 0.6 is 27.5 Å². The molecular formula is C10H11BrClN3O3S. The lowest BCUT2D eigenvalue weighted by Gasteiger charge is -2.13. The Kier molecular flexibility index (Phi) is 4.05. The van der Waals surface area contributed by atoms with Crippen LogP contribution in [0.5, 0.6) is 0 Å². The van der Waals surface area contributed by atoms with Gasteiger partial charge in [0.25, 0.3) is 0 Å². The maximum Gasteiger partial charge on any atom is 0.242 e. The van der Waals surface area contributed by atoms with Crippen LogP contribution in [0.15, 0.2) is 21.5 Å².